The first-order valence-corrected chi connectivity index (χ1v) is 12.4. The van der Waals surface area contributed by atoms with Crippen LogP contribution in [-0.2, 0) is 14.0 Å². The number of aliphatic hydroxyl groups excluding tert-OH is 1. The SMILES string of the molecule is CCOC(=O)CC(O)/C(C)=C/CO[Si](c1ccccc1)(c1ccccc1)C(C)(C)C. The molecule has 0 radical (unpaired) electrons. The predicted octanol–water partition coefficient (Wildman–Crippen LogP) is 3.82. The van der Waals surface area contributed by atoms with Crippen molar-refractivity contribution in [1.29, 1.82) is 0 Å². The van der Waals surface area contributed by atoms with Crippen molar-refractivity contribution >= 4 is 24.7 Å². The number of carbonyl (C=O) groups excluding carboxylic acids is 1. The summed E-state index contributed by atoms with van der Waals surface area (Å²) >= 11 is 0. The lowest BCUT2D eigenvalue weighted by atomic mass is 10.1. The van der Waals surface area contributed by atoms with Gasteiger partial charge in [0.25, 0.3) is 8.32 Å². The Morgan fingerprint density at radius 1 is 1.03 bits per heavy atom. The molecule has 2 aromatic carbocycles. The Balaban J connectivity index is 2.34. The van der Waals surface area contributed by atoms with Gasteiger partial charge in [0.1, 0.15) is 0 Å². The molecule has 0 aliphatic rings. The van der Waals surface area contributed by atoms with E-state index in [0.717, 1.165) is 0 Å². The highest BCUT2D eigenvalue weighted by Crippen LogP contribution is 2.36. The molecule has 0 spiro atoms. The Kier molecular flexibility index (Phi) is 8.59. The van der Waals surface area contributed by atoms with Crippen LogP contribution in [-0.4, -0.2) is 38.7 Å². The molecule has 162 valence electrons. The van der Waals surface area contributed by atoms with Crippen LogP contribution in [0.25, 0.3) is 0 Å². The maximum absolute atomic E-state index is 11.7. The van der Waals surface area contributed by atoms with Crippen LogP contribution in [0.5, 0.6) is 0 Å². The maximum atomic E-state index is 11.7. The molecule has 0 saturated carbocycles. The highest BCUT2D eigenvalue weighted by Gasteiger charge is 2.49. The summed E-state index contributed by atoms with van der Waals surface area (Å²) in [6.07, 6.45) is 0.963. The molecule has 1 unspecified atom stereocenters. The number of esters is 1. The van der Waals surface area contributed by atoms with Crippen LogP contribution in [0.2, 0.25) is 5.04 Å². The molecule has 0 heterocycles. The minimum Gasteiger partial charge on any atom is -0.466 e. The van der Waals surface area contributed by atoms with Crippen molar-refractivity contribution in [2.75, 3.05) is 13.2 Å². The summed E-state index contributed by atoms with van der Waals surface area (Å²) in [4.78, 5) is 11.7. The fourth-order valence-electron chi connectivity index (χ4n) is 3.73. The Labute approximate surface area is 181 Å². The van der Waals surface area contributed by atoms with E-state index in [1.807, 2.05) is 25.1 Å². The molecule has 4 nitrogen and oxygen atoms in total. The molecule has 0 aliphatic heterocycles. The highest BCUT2D eigenvalue weighted by atomic mass is 28.4. The number of carbonyl (C=O) groups is 1. The lowest BCUT2D eigenvalue weighted by Gasteiger charge is -2.42. The Morgan fingerprint density at radius 2 is 1.53 bits per heavy atom. The van der Waals surface area contributed by atoms with Gasteiger partial charge < -0.3 is 14.3 Å². The van der Waals surface area contributed by atoms with E-state index in [-0.39, 0.29) is 11.5 Å². The van der Waals surface area contributed by atoms with Crippen LogP contribution >= 0.6 is 0 Å². The third kappa shape index (κ3) is 5.69. The first-order valence-electron chi connectivity index (χ1n) is 10.5. The summed E-state index contributed by atoms with van der Waals surface area (Å²) in [5.41, 5.74) is 0.709. The van der Waals surface area contributed by atoms with E-state index >= 15 is 0 Å². The van der Waals surface area contributed by atoms with Gasteiger partial charge in [0, 0.05) is 0 Å². The summed E-state index contributed by atoms with van der Waals surface area (Å²) in [6.45, 7) is 10.9. The monoisotopic (exact) mass is 426 g/mol. The van der Waals surface area contributed by atoms with E-state index < -0.39 is 20.4 Å². The molecule has 0 fully saturated rings. The Bertz CT molecular complexity index is 786. The minimum absolute atomic E-state index is 0.0462. The summed E-state index contributed by atoms with van der Waals surface area (Å²) in [5.74, 6) is -0.398. The molecule has 0 saturated heterocycles. The molecule has 2 aromatic rings. The topological polar surface area (TPSA) is 55.8 Å². The van der Waals surface area contributed by atoms with Gasteiger partial charge in [0.2, 0.25) is 0 Å². The van der Waals surface area contributed by atoms with Crippen LogP contribution in [0.3, 0.4) is 0 Å². The average molecular weight is 427 g/mol. The van der Waals surface area contributed by atoms with Crippen molar-refractivity contribution in [3.8, 4) is 0 Å². The molecular formula is C25H34O4Si. The number of aliphatic hydroxyl groups is 1. The normalized spacial score (nSPS) is 13.7. The number of rotatable bonds is 9. The molecule has 5 heteroatoms. The van der Waals surface area contributed by atoms with Crippen molar-refractivity contribution in [3.05, 3.63) is 72.3 Å². The number of hydrogen-bond donors (Lipinski definition) is 1. The van der Waals surface area contributed by atoms with Gasteiger partial charge in [-0.3, -0.25) is 4.79 Å². The van der Waals surface area contributed by atoms with E-state index in [0.29, 0.717) is 18.8 Å². The van der Waals surface area contributed by atoms with Gasteiger partial charge in [0.05, 0.1) is 25.7 Å². The van der Waals surface area contributed by atoms with Crippen molar-refractivity contribution < 1.29 is 19.1 Å². The van der Waals surface area contributed by atoms with Crippen molar-refractivity contribution in [2.24, 2.45) is 0 Å². The number of benzene rings is 2. The Hall–Kier alpha value is -2.21. The minimum atomic E-state index is -2.61. The van der Waals surface area contributed by atoms with Crippen molar-refractivity contribution in [3.63, 3.8) is 0 Å². The molecule has 1 N–H and O–H groups in total. The van der Waals surface area contributed by atoms with Gasteiger partial charge >= 0.3 is 5.97 Å². The largest absolute Gasteiger partial charge is 0.466 e. The second-order valence-corrected chi connectivity index (χ2v) is 12.8. The molecule has 0 amide bonds. The maximum Gasteiger partial charge on any atom is 0.308 e. The van der Waals surface area contributed by atoms with Crippen LogP contribution in [0.15, 0.2) is 72.3 Å². The van der Waals surface area contributed by atoms with Gasteiger partial charge in [-0.15, -0.1) is 0 Å². The molecule has 30 heavy (non-hydrogen) atoms. The summed E-state index contributed by atoms with van der Waals surface area (Å²) in [6, 6.07) is 20.9. The first-order chi connectivity index (χ1) is 14.2. The lowest BCUT2D eigenvalue weighted by molar-refractivity contribution is -0.144. The highest BCUT2D eigenvalue weighted by molar-refractivity contribution is 6.99. The molecule has 1 atom stereocenters. The summed E-state index contributed by atoms with van der Waals surface area (Å²) in [7, 11) is -2.61. The van der Waals surface area contributed by atoms with Crippen LogP contribution in [0.1, 0.15) is 41.0 Å². The van der Waals surface area contributed by atoms with E-state index in [2.05, 4.69) is 69.3 Å². The van der Waals surface area contributed by atoms with E-state index in [1.54, 1.807) is 6.92 Å². The smallest absolute Gasteiger partial charge is 0.308 e. The second kappa shape index (κ2) is 10.7. The van der Waals surface area contributed by atoms with Gasteiger partial charge in [-0.2, -0.15) is 0 Å². The van der Waals surface area contributed by atoms with E-state index in [9.17, 15) is 9.90 Å². The molecule has 0 aromatic heterocycles. The van der Waals surface area contributed by atoms with Crippen LogP contribution in [0, 0.1) is 0 Å². The first kappa shape index (κ1) is 24.1. The third-order valence-corrected chi connectivity index (χ3v) is 10.3. The van der Waals surface area contributed by atoms with Crippen LogP contribution < -0.4 is 10.4 Å². The quantitative estimate of drug-likeness (QED) is 0.376. The zero-order valence-corrected chi connectivity index (χ0v) is 19.7. The van der Waals surface area contributed by atoms with Gasteiger partial charge in [-0.05, 0) is 34.8 Å². The zero-order valence-electron chi connectivity index (χ0n) is 18.7. The van der Waals surface area contributed by atoms with Crippen LogP contribution in [0.4, 0.5) is 0 Å². The van der Waals surface area contributed by atoms with Gasteiger partial charge in [-0.1, -0.05) is 87.5 Å². The zero-order chi connectivity index (χ0) is 22.2. The van der Waals surface area contributed by atoms with Gasteiger partial charge in [0.15, 0.2) is 0 Å². The third-order valence-electron chi connectivity index (χ3n) is 5.31. The summed E-state index contributed by atoms with van der Waals surface area (Å²) in [5, 5.41) is 12.6. The average Bonchev–Trinajstić information content (AvgIpc) is 2.71. The standard InChI is InChI=1S/C25H34O4Si/c1-6-28-24(27)19-23(26)20(2)17-18-29-30(25(3,4)5,21-13-9-7-10-14-21)22-15-11-8-12-16-22/h7-17,23,26H,6,18-19H2,1-5H3/b20-17+. The molecule has 0 bridgehead atoms. The fourth-order valence-corrected chi connectivity index (χ4v) is 8.22. The number of ether oxygens (including phenoxy) is 1. The number of hydrogen-bond acceptors (Lipinski definition) is 4. The summed E-state index contributed by atoms with van der Waals surface area (Å²) < 4.78 is 11.7. The van der Waals surface area contributed by atoms with E-state index in [1.165, 1.54) is 10.4 Å². The second-order valence-electron chi connectivity index (χ2n) is 8.45. The lowest BCUT2D eigenvalue weighted by Crippen LogP contribution is -2.66. The Morgan fingerprint density at radius 3 is 1.97 bits per heavy atom. The van der Waals surface area contributed by atoms with E-state index in [4.69, 9.17) is 9.16 Å². The van der Waals surface area contributed by atoms with Crippen molar-refractivity contribution in [2.45, 2.75) is 52.2 Å². The fraction of sp³-hybridized carbons (Fsp3) is 0.400. The predicted molar refractivity (Wildman–Crippen MR) is 125 cm³/mol. The molecular weight excluding hydrogens is 392 g/mol. The van der Waals surface area contributed by atoms with Gasteiger partial charge in [-0.25, -0.2) is 0 Å². The van der Waals surface area contributed by atoms with Crippen molar-refractivity contribution in [1.82, 2.24) is 0 Å². The molecule has 2 rings (SSSR count). The molecule has 0 aliphatic carbocycles.